The van der Waals surface area contributed by atoms with Gasteiger partial charge in [-0.1, -0.05) is 38.1 Å². The minimum Gasteiger partial charge on any atom is -0.234 e. The van der Waals surface area contributed by atoms with Gasteiger partial charge in [0, 0.05) is 18.0 Å². The monoisotopic (exact) mass is 278 g/mol. The number of aromatic nitrogens is 6. The zero-order valence-corrected chi connectivity index (χ0v) is 11.8. The Hall–Kier alpha value is -2.76. The second-order valence-electron chi connectivity index (χ2n) is 4.90. The van der Waals surface area contributed by atoms with E-state index < -0.39 is 0 Å². The molecule has 0 N–H and O–H groups in total. The van der Waals surface area contributed by atoms with Gasteiger partial charge in [0.25, 0.3) is 0 Å². The van der Waals surface area contributed by atoms with Crippen LogP contribution in [-0.4, -0.2) is 30.4 Å². The first-order valence-corrected chi connectivity index (χ1v) is 6.69. The molecule has 0 spiro atoms. The lowest BCUT2D eigenvalue weighted by Gasteiger charge is -2.05. The summed E-state index contributed by atoms with van der Waals surface area (Å²) in [6.45, 7) is 4.31. The summed E-state index contributed by atoms with van der Waals surface area (Å²) in [6, 6.07) is 9.82. The van der Waals surface area contributed by atoms with Crippen LogP contribution in [0.5, 0.6) is 0 Å². The van der Waals surface area contributed by atoms with Gasteiger partial charge < -0.3 is 0 Å². The number of hydrogen-bond acceptors (Lipinski definition) is 6. The molecule has 6 heteroatoms. The average molecular weight is 278 g/mol. The molecular formula is C15H14N6. The Morgan fingerprint density at radius 3 is 1.86 bits per heavy atom. The largest absolute Gasteiger partial charge is 0.240 e. The highest BCUT2D eigenvalue weighted by molar-refractivity contribution is 5.55. The summed E-state index contributed by atoms with van der Waals surface area (Å²) >= 11 is 0. The molecule has 1 aromatic carbocycles. The first-order valence-electron chi connectivity index (χ1n) is 6.69. The van der Waals surface area contributed by atoms with Crippen molar-refractivity contribution in [3.05, 3.63) is 48.3 Å². The van der Waals surface area contributed by atoms with Gasteiger partial charge in [0.1, 0.15) is 0 Å². The molecule has 3 rings (SSSR count). The third-order valence-electron chi connectivity index (χ3n) is 3.08. The van der Waals surface area contributed by atoms with Crippen molar-refractivity contribution in [2.45, 2.75) is 19.8 Å². The predicted octanol–water partition coefficient (Wildman–Crippen LogP) is 2.51. The van der Waals surface area contributed by atoms with Gasteiger partial charge in [-0.2, -0.15) is 0 Å². The van der Waals surface area contributed by atoms with Gasteiger partial charge in [0.15, 0.2) is 0 Å². The van der Waals surface area contributed by atoms with Crippen molar-refractivity contribution in [1.82, 2.24) is 30.4 Å². The van der Waals surface area contributed by atoms with Gasteiger partial charge in [0.05, 0.1) is 0 Å². The highest BCUT2D eigenvalue weighted by Crippen LogP contribution is 2.19. The molecular weight excluding hydrogens is 264 g/mol. The number of hydrogen-bond donors (Lipinski definition) is 0. The molecule has 0 saturated heterocycles. The lowest BCUT2D eigenvalue weighted by Crippen LogP contribution is -2.01. The Bertz CT molecular complexity index is 707. The molecule has 0 amide bonds. The molecule has 0 aliphatic carbocycles. The molecule has 6 nitrogen and oxygen atoms in total. The molecule has 0 radical (unpaired) electrons. The van der Waals surface area contributed by atoms with E-state index in [2.05, 4.69) is 56.3 Å². The van der Waals surface area contributed by atoms with Crippen molar-refractivity contribution in [2.75, 3.05) is 0 Å². The number of nitrogens with zero attached hydrogens (tertiary/aromatic N) is 6. The first-order chi connectivity index (χ1) is 10.2. The Morgan fingerprint density at radius 2 is 1.29 bits per heavy atom. The molecule has 0 unspecified atom stereocenters. The minimum atomic E-state index is 0.318. The summed E-state index contributed by atoms with van der Waals surface area (Å²) in [5, 5.41) is 16.3. The van der Waals surface area contributed by atoms with Crippen LogP contribution >= 0.6 is 0 Å². The summed E-state index contributed by atoms with van der Waals surface area (Å²) in [5.74, 6) is 1.72. The van der Waals surface area contributed by atoms with E-state index in [0.29, 0.717) is 23.4 Å². The van der Waals surface area contributed by atoms with Crippen LogP contribution < -0.4 is 0 Å². The Kier molecular flexibility index (Phi) is 3.59. The number of rotatable bonds is 3. The maximum absolute atomic E-state index is 4.10. The van der Waals surface area contributed by atoms with Crippen molar-refractivity contribution in [3.63, 3.8) is 0 Å². The van der Waals surface area contributed by atoms with Gasteiger partial charge in [-0.15, -0.1) is 20.4 Å². The highest BCUT2D eigenvalue weighted by atomic mass is 15.3. The van der Waals surface area contributed by atoms with E-state index in [4.69, 9.17) is 0 Å². The van der Waals surface area contributed by atoms with Gasteiger partial charge >= 0.3 is 0 Å². The van der Waals surface area contributed by atoms with Crippen LogP contribution in [0.1, 0.15) is 25.3 Å². The summed E-state index contributed by atoms with van der Waals surface area (Å²) < 4.78 is 0. The summed E-state index contributed by atoms with van der Waals surface area (Å²) in [4.78, 5) is 8.13. The van der Waals surface area contributed by atoms with Gasteiger partial charge in [0.2, 0.25) is 17.5 Å². The van der Waals surface area contributed by atoms with Crippen molar-refractivity contribution in [3.8, 4) is 23.0 Å². The number of benzene rings is 1. The summed E-state index contributed by atoms with van der Waals surface area (Å²) in [5.41, 5.74) is 2.16. The molecule has 0 atom stereocenters. The highest BCUT2D eigenvalue weighted by Gasteiger charge is 2.08. The molecule has 0 bridgehead atoms. The molecule has 0 aliphatic rings. The van der Waals surface area contributed by atoms with Crippen molar-refractivity contribution >= 4 is 0 Å². The van der Waals surface area contributed by atoms with E-state index in [0.717, 1.165) is 5.56 Å². The normalized spacial score (nSPS) is 10.8. The zero-order chi connectivity index (χ0) is 14.7. The molecule has 0 saturated carbocycles. The van der Waals surface area contributed by atoms with E-state index in [1.807, 2.05) is 12.1 Å². The first kappa shape index (κ1) is 13.2. The third-order valence-corrected chi connectivity index (χ3v) is 3.08. The SMILES string of the molecule is CC(C)c1ccc(-c2nnc(-c3ncccn3)nn2)cc1. The average Bonchev–Trinajstić information content (AvgIpc) is 2.56. The van der Waals surface area contributed by atoms with Crippen LogP contribution in [-0.2, 0) is 0 Å². The van der Waals surface area contributed by atoms with E-state index >= 15 is 0 Å². The quantitative estimate of drug-likeness (QED) is 0.732. The van der Waals surface area contributed by atoms with E-state index in [1.54, 1.807) is 18.5 Å². The van der Waals surface area contributed by atoms with Gasteiger partial charge in [-0.3, -0.25) is 0 Å². The zero-order valence-electron chi connectivity index (χ0n) is 11.8. The molecule has 0 aliphatic heterocycles. The standard InChI is InChI=1S/C15H14N6/c1-10(2)11-4-6-12(7-5-11)13-18-20-15(21-19-13)14-16-8-3-9-17-14/h3-10H,1-2H3. The molecule has 21 heavy (non-hydrogen) atoms. The van der Waals surface area contributed by atoms with Crippen LogP contribution in [0, 0.1) is 0 Å². The molecule has 2 heterocycles. The van der Waals surface area contributed by atoms with Crippen LogP contribution in [0.2, 0.25) is 0 Å². The van der Waals surface area contributed by atoms with Crippen LogP contribution in [0.25, 0.3) is 23.0 Å². The maximum Gasteiger partial charge on any atom is 0.240 e. The van der Waals surface area contributed by atoms with Crippen LogP contribution in [0.15, 0.2) is 42.7 Å². The van der Waals surface area contributed by atoms with Crippen molar-refractivity contribution in [2.24, 2.45) is 0 Å². The minimum absolute atomic E-state index is 0.318. The molecule has 2 aromatic heterocycles. The Morgan fingerprint density at radius 1 is 0.714 bits per heavy atom. The molecule has 0 fully saturated rings. The lowest BCUT2D eigenvalue weighted by atomic mass is 10.0. The second-order valence-corrected chi connectivity index (χ2v) is 4.90. The Labute approximate surface area is 122 Å². The maximum atomic E-state index is 4.10. The van der Waals surface area contributed by atoms with Crippen LogP contribution in [0.3, 0.4) is 0 Å². The third kappa shape index (κ3) is 2.89. The van der Waals surface area contributed by atoms with E-state index in [1.165, 1.54) is 5.56 Å². The second kappa shape index (κ2) is 5.70. The van der Waals surface area contributed by atoms with E-state index in [-0.39, 0.29) is 0 Å². The molecule has 104 valence electrons. The smallest absolute Gasteiger partial charge is 0.234 e. The van der Waals surface area contributed by atoms with Crippen molar-refractivity contribution < 1.29 is 0 Å². The predicted molar refractivity (Wildman–Crippen MR) is 78.2 cm³/mol. The Balaban J connectivity index is 1.87. The summed E-state index contributed by atoms with van der Waals surface area (Å²) in [6.07, 6.45) is 3.26. The van der Waals surface area contributed by atoms with Gasteiger partial charge in [-0.05, 0) is 17.5 Å². The molecule has 3 aromatic rings. The van der Waals surface area contributed by atoms with Crippen LogP contribution in [0.4, 0.5) is 0 Å². The topological polar surface area (TPSA) is 77.3 Å². The fourth-order valence-electron chi connectivity index (χ4n) is 1.87. The summed E-state index contributed by atoms with van der Waals surface area (Å²) in [7, 11) is 0. The van der Waals surface area contributed by atoms with E-state index in [9.17, 15) is 0 Å². The van der Waals surface area contributed by atoms with Crippen molar-refractivity contribution in [1.29, 1.82) is 0 Å². The fraction of sp³-hybridized carbons (Fsp3) is 0.200. The lowest BCUT2D eigenvalue weighted by molar-refractivity contribution is 0.857. The van der Waals surface area contributed by atoms with Gasteiger partial charge in [-0.25, -0.2) is 9.97 Å². The fourth-order valence-corrected chi connectivity index (χ4v) is 1.87.